The number of carboxylic acid groups (broad SMARTS) is 1. The van der Waals surface area contributed by atoms with Gasteiger partial charge in [0.1, 0.15) is 6.04 Å². The van der Waals surface area contributed by atoms with Crippen molar-refractivity contribution in [3.05, 3.63) is 0 Å². The number of hydrogen-bond acceptors (Lipinski definition) is 3. The fourth-order valence-electron chi connectivity index (χ4n) is 2.62. The quantitative estimate of drug-likeness (QED) is 0.142. The standard InChI is InChI=1S/C18H35IN2O3.C2H6/c1-2-3-4-5-6-7-8-9-10-11-12-13-17(22)20-15-14-16(21-19)18(23)24;1-2/h16,21H,2-15H2,1H3,(H,20,22)(H,23,24);1-2H3. The molecule has 0 bridgehead atoms. The van der Waals surface area contributed by atoms with E-state index in [0.717, 1.165) is 12.8 Å². The summed E-state index contributed by atoms with van der Waals surface area (Å²) in [4.78, 5) is 22.5. The number of amides is 1. The van der Waals surface area contributed by atoms with E-state index in [9.17, 15) is 9.59 Å². The van der Waals surface area contributed by atoms with Gasteiger partial charge in [-0.2, -0.15) is 0 Å². The molecule has 0 heterocycles. The number of hydrogen-bond donors (Lipinski definition) is 3. The zero-order valence-electron chi connectivity index (χ0n) is 17.1. The summed E-state index contributed by atoms with van der Waals surface area (Å²) in [5.41, 5.74) is 0. The highest BCUT2D eigenvalue weighted by molar-refractivity contribution is 14.1. The van der Waals surface area contributed by atoms with E-state index in [1.807, 2.05) is 36.7 Å². The maximum atomic E-state index is 11.7. The summed E-state index contributed by atoms with van der Waals surface area (Å²) in [6.45, 7) is 6.65. The van der Waals surface area contributed by atoms with Gasteiger partial charge in [0, 0.05) is 35.8 Å². The third-order valence-corrected chi connectivity index (χ3v) is 4.94. The summed E-state index contributed by atoms with van der Waals surface area (Å²) >= 11 is 1.83. The summed E-state index contributed by atoms with van der Waals surface area (Å²) in [6, 6.07) is -0.604. The van der Waals surface area contributed by atoms with Crippen LogP contribution in [0, 0.1) is 0 Å². The van der Waals surface area contributed by atoms with Crippen molar-refractivity contribution >= 4 is 34.7 Å². The largest absolute Gasteiger partial charge is 0.480 e. The number of carbonyl (C=O) groups excluding carboxylic acids is 1. The predicted octanol–water partition coefficient (Wildman–Crippen LogP) is 5.61. The van der Waals surface area contributed by atoms with Gasteiger partial charge in [0.15, 0.2) is 0 Å². The van der Waals surface area contributed by atoms with Gasteiger partial charge < -0.3 is 10.4 Å². The Hall–Kier alpha value is -0.370. The second kappa shape index (κ2) is 22.7. The molecular weight excluding hydrogens is 443 g/mol. The molecule has 0 rings (SSSR count). The molecule has 0 aliphatic carbocycles. The molecule has 6 heteroatoms. The Labute approximate surface area is 175 Å². The molecule has 0 spiro atoms. The molecule has 156 valence electrons. The number of halogens is 1. The van der Waals surface area contributed by atoms with Crippen LogP contribution in [0.4, 0.5) is 0 Å². The van der Waals surface area contributed by atoms with Crippen LogP contribution in [0.1, 0.15) is 104 Å². The lowest BCUT2D eigenvalue weighted by atomic mass is 10.1. The summed E-state index contributed by atoms with van der Waals surface area (Å²) in [7, 11) is 0. The molecule has 0 aliphatic heterocycles. The van der Waals surface area contributed by atoms with Crippen molar-refractivity contribution in [2.45, 2.75) is 110 Å². The molecule has 0 fully saturated rings. The average Bonchev–Trinajstić information content (AvgIpc) is 2.64. The number of unbranched alkanes of at least 4 members (excludes halogenated alkanes) is 10. The molecule has 0 aromatic carbocycles. The molecule has 26 heavy (non-hydrogen) atoms. The molecule has 0 saturated carbocycles. The fourth-order valence-corrected chi connectivity index (χ4v) is 3.20. The van der Waals surface area contributed by atoms with E-state index >= 15 is 0 Å². The molecule has 5 nitrogen and oxygen atoms in total. The molecule has 3 N–H and O–H groups in total. The second-order valence-electron chi connectivity index (χ2n) is 6.42. The van der Waals surface area contributed by atoms with Gasteiger partial charge in [-0.25, -0.2) is 3.53 Å². The van der Waals surface area contributed by atoms with Crippen molar-refractivity contribution in [1.82, 2.24) is 8.85 Å². The van der Waals surface area contributed by atoms with E-state index in [1.54, 1.807) is 0 Å². The van der Waals surface area contributed by atoms with Crippen LogP contribution in [0.3, 0.4) is 0 Å². The molecule has 1 atom stereocenters. The number of carbonyl (C=O) groups is 2. The van der Waals surface area contributed by atoms with Crippen LogP contribution in [0.5, 0.6) is 0 Å². The third-order valence-electron chi connectivity index (χ3n) is 4.19. The van der Waals surface area contributed by atoms with E-state index in [4.69, 9.17) is 5.11 Å². The van der Waals surface area contributed by atoms with Crippen LogP contribution in [-0.4, -0.2) is 29.6 Å². The van der Waals surface area contributed by atoms with E-state index in [0.29, 0.717) is 19.4 Å². The molecule has 0 saturated heterocycles. The van der Waals surface area contributed by atoms with Crippen molar-refractivity contribution in [2.24, 2.45) is 0 Å². The van der Waals surface area contributed by atoms with Gasteiger partial charge in [-0.3, -0.25) is 9.59 Å². The van der Waals surface area contributed by atoms with Gasteiger partial charge in [0.2, 0.25) is 5.91 Å². The first kappa shape index (κ1) is 27.8. The molecule has 0 radical (unpaired) electrons. The van der Waals surface area contributed by atoms with Crippen LogP contribution in [0.2, 0.25) is 0 Å². The predicted molar refractivity (Wildman–Crippen MR) is 119 cm³/mol. The van der Waals surface area contributed by atoms with E-state index in [2.05, 4.69) is 15.8 Å². The highest BCUT2D eigenvalue weighted by Crippen LogP contribution is 2.11. The van der Waals surface area contributed by atoms with Gasteiger partial charge in [0.05, 0.1) is 0 Å². The monoisotopic (exact) mass is 484 g/mol. The first-order valence-electron chi connectivity index (χ1n) is 10.5. The lowest BCUT2D eigenvalue weighted by Gasteiger charge is -2.10. The first-order valence-corrected chi connectivity index (χ1v) is 11.5. The zero-order valence-corrected chi connectivity index (χ0v) is 19.3. The lowest BCUT2D eigenvalue weighted by molar-refractivity contribution is -0.139. The molecule has 1 unspecified atom stereocenters. The van der Waals surface area contributed by atoms with Gasteiger partial charge in [0.25, 0.3) is 0 Å². The minimum Gasteiger partial charge on any atom is -0.480 e. The van der Waals surface area contributed by atoms with Crippen molar-refractivity contribution in [3.63, 3.8) is 0 Å². The molecular formula is C20H41IN2O3. The number of nitrogens with one attached hydrogen (secondary N) is 2. The third kappa shape index (κ3) is 19.9. The Morgan fingerprint density at radius 3 is 1.77 bits per heavy atom. The van der Waals surface area contributed by atoms with Gasteiger partial charge >= 0.3 is 5.97 Å². The molecule has 0 aliphatic rings. The normalized spacial score (nSPS) is 11.4. The van der Waals surface area contributed by atoms with E-state index < -0.39 is 12.0 Å². The van der Waals surface area contributed by atoms with Crippen LogP contribution >= 0.6 is 22.9 Å². The topological polar surface area (TPSA) is 78.4 Å². The Bertz CT molecular complexity index is 328. The highest BCUT2D eigenvalue weighted by Gasteiger charge is 2.15. The Morgan fingerprint density at radius 2 is 1.35 bits per heavy atom. The van der Waals surface area contributed by atoms with Crippen LogP contribution in [0.15, 0.2) is 0 Å². The second-order valence-corrected chi connectivity index (χ2v) is 7.05. The first-order chi connectivity index (χ1) is 12.6. The summed E-state index contributed by atoms with van der Waals surface area (Å²) in [5.74, 6) is -0.854. The Kier molecular flexibility index (Phi) is 24.3. The average molecular weight is 484 g/mol. The smallest absolute Gasteiger partial charge is 0.321 e. The fraction of sp³-hybridized carbons (Fsp3) is 0.900. The SMILES string of the molecule is CC.CCCCCCCCCCCCCC(=O)NCCC(NI)C(=O)O. The van der Waals surface area contributed by atoms with Crippen molar-refractivity contribution in [1.29, 1.82) is 0 Å². The highest BCUT2D eigenvalue weighted by atomic mass is 127. The van der Waals surface area contributed by atoms with Crippen LogP contribution in [0.25, 0.3) is 0 Å². The van der Waals surface area contributed by atoms with Crippen LogP contribution < -0.4 is 8.85 Å². The van der Waals surface area contributed by atoms with Crippen molar-refractivity contribution in [3.8, 4) is 0 Å². The molecule has 1 amide bonds. The van der Waals surface area contributed by atoms with Crippen LogP contribution in [-0.2, 0) is 9.59 Å². The number of carboxylic acids is 1. The number of rotatable bonds is 17. The molecule has 0 aromatic heterocycles. The Morgan fingerprint density at radius 1 is 0.885 bits per heavy atom. The van der Waals surface area contributed by atoms with Crippen molar-refractivity contribution < 1.29 is 14.7 Å². The maximum Gasteiger partial charge on any atom is 0.321 e. The summed E-state index contributed by atoms with van der Waals surface area (Å²) < 4.78 is 2.69. The zero-order chi connectivity index (χ0) is 20.0. The summed E-state index contributed by atoms with van der Waals surface area (Å²) in [6.07, 6.45) is 14.9. The van der Waals surface area contributed by atoms with E-state index in [1.165, 1.54) is 57.8 Å². The number of aliphatic carboxylic acids is 1. The Balaban J connectivity index is 0. The van der Waals surface area contributed by atoms with Crippen molar-refractivity contribution in [2.75, 3.05) is 6.54 Å². The summed E-state index contributed by atoms with van der Waals surface area (Å²) in [5, 5.41) is 11.7. The van der Waals surface area contributed by atoms with E-state index in [-0.39, 0.29) is 5.91 Å². The van der Waals surface area contributed by atoms with Gasteiger partial charge in [-0.05, 0) is 12.8 Å². The molecule has 0 aromatic rings. The minimum atomic E-state index is -0.885. The van der Waals surface area contributed by atoms with Gasteiger partial charge in [-0.15, -0.1) is 0 Å². The van der Waals surface area contributed by atoms with Gasteiger partial charge in [-0.1, -0.05) is 85.0 Å². The minimum absolute atomic E-state index is 0.0310. The lowest BCUT2D eigenvalue weighted by Crippen LogP contribution is -2.35. The maximum absolute atomic E-state index is 11.7.